The van der Waals surface area contributed by atoms with Crippen molar-refractivity contribution in [2.75, 3.05) is 26.2 Å². The van der Waals surface area contributed by atoms with Crippen molar-refractivity contribution in [3.05, 3.63) is 70.5 Å². The van der Waals surface area contributed by atoms with Crippen LogP contribution in [0.25, 0.3) is 0 Å². The Balaban J connectivity index is 1.68. The van der Waals surface area contributed by atoms with E-state index in [1.807, 2.05) is 0 Å². The zero-order chi connectivity index (χ0) is 19.6. The van der Waals surface area contributed by atoms with E-state index in [0.717, 1.165) is 0 Å². The van der Waals surface area contributed by atoms with Crippen molar-refractivity contribution in [3.63, 3.8) is 0 Å². The standard InChI is InChI=1S/C20H19FN2O4/c1-13-9-15(11-16(10-13)20(26)27)19(25)23-7-5-22(6-8-23)18(24)14-3-2-4-17(21)12-14/h2-4,9-12H,5-8H2,1H3,(H,26,27). The molecular weight excluding hydrogens is 351 g/mol. The summed E-state index contributed by atoms with van der Waals surface area (Å²) in [6.45, 7) is 3.06. The van der Waals surface area contributed by atoms with E-state index in [0.29, 0.717) is 37.3 Å². The van der Waals surface area contributed by atoms with Crippen molar-refractivity contribution >= 4 is 17.8 Å². The molecule has 2 amide bonds. The maximum absolute atomic E-state index is 13.3. The van der Waals surface area contributed by atoms with Crippen LogP contribution < -0.4 is 0 Å². The van der Waals surface area contributed by atoms with Gasteiger partial charge in [-0.05, 0) is 48.9 Å². The molecule has 1 aliphatic heterocycles. The molecule has 7 heteroatoms. The molecule has 0 saturated carbocycles. The number of hydrogen-bond acceptors (Lipinski definition) is 3. The van der Waals surface area contributed by atoms with E-state index >= 15 is 0 Å². The summed E-state index contributed by atoms with van der Waals surface area (Å²) < 4.78 is 13.3. The topological polar surface area (TPSA) is 77.9 Å². The lowest BCUT2D eigenvalue weighted by atomic mass is 10.1. The number of hydrogen-bond donors (Lipinski definition) is 1. The summed E-state index contributed by atoms with van der Waals surface area (Å²) in [5.41, 5.74) is 1.35. The van der Waals surface area contributed by atoms with Gasteiger partial charge in [-0.25, -0.2) is 9.18 Å². The van der Waals surface area contributed by atoms with E-state index in [4.69, 9.17) is 5.11 Å². The highest BCUT2D eigenvalue weighted by Gasteiger charge is 2.26. The van der Waals surface area contributed by atoms with Gasteiger partial charge in [-0.2, -0.15) is 0 Å². The number of rotatable bonds is 3. The third-order valence-electron chi connectivity index (χ3n) is 4.50. The fourth-order valence-electron chi connectivity index (χ4n) is 3.13. The minimum Gasteiger partial charge on any atom is -0.478 e. The predicted octanol–water partition coefficient (Wildman–Crippen LogP) is 2.43. The number of amides is 2. The van der Waals surface area contributed by atoms with E-state index in [-0.39, 0.29) is 22.9 Å². The van der Waals surface area contributed by atoms with Gasteiger partial charge in [-0.1, -0.05) is 6.07 Å². The van der Waals surface area contributed by atoms with Crippen LogP contribution >= 0.6 is 0 Å². The summed E-state index contributed by atoms with van der Waals surface area (Å²) in [6, 6.07) is 10.0. The third-order valence-corrected chi connectivity index (χ3v) is 4.50. The van der Waals surface area contributed by atoms with Crippen LogP contribution in [0.3, 0.4) is 0 Å². The Bertz CT molecular complexity index is 905. The molecule has 1 heterocycles. The highest BCUT2D eigenvalue weighted by Crippen LogP contribution is 2.15. The van der Waals surface area contributed by atoms with Gasteiger partial charge in [-0.15, -0.1) is 0 Å². The molecule has 0 atom stereocenters. The zero-order valence-electron chi connectivity index (χ0n) is 14.8. The Hall–Kier alpha value is -3.22. The van der Waals surface area contributed by atoms with Crippen molar-refractivity contribution in [1.82, 2.24) is 9.80 Å². The SMILES string of the molecule is Cc1cc(C(=O)O)cc(C(=O)N2CCN(C(=O)c3cccc(F)c3)CC2)c1. The lowest BCUT2D eigenvalue weighted by Gasteiger charge is -2.35. The zero-order valence-corrected chi connectivity index (χ0v) is 14.8. The Morgan fingerprint density at radius 2 is 1.41 bits per heavy atom. The first-order chi connectivity index (χ1) is 12.8. The van der Waals surface area contributed by atoms with Crippen molar-refractivity contribution in [2.45, 2.75) is 6.92 Å². The number of benzene rings is 2. The second-order valence-corrected chi connectivity index (χ2v) is 6.49. The molecule has 140 valence electrons. The maximum Gasteiger partial charge on any atom is 0.335 e. The van der Waals surface area contributed by atoms with Crippen molar-refractivity contribution in [3.8, 4) is 0 Å². The van der Waals surface area contributed by atoms with Crippen molar-refractivity contribution in [1.29, 1.82) is 0 Å². The van der Waals surface area contributed by atoms with Gasteiger partial charge in [0, 0.05) is 37.3 Å². The molecule has 1 aliphatic rings. The smallest absolute Gasteiger partial charge is 0.335 e. The third kappa shape index (κ3) is 4.13. The average molecular weight is 370 g/mol. The molecule has 3 rings (SSSR count). The van der Waals surface area contributed by atoms with Gasteiger partial charge < -0.3 is 14.9 Å². The molecule has 0 unspecified atom stereocenters. The number of carbonyl (C=O) groups excluding carboxylic acids is 2. The Morgan fingerprint density at radius 1 is 0.852 bits per heavy atom. The number of aryl methyl sites for hydroxylation is 1. The lowest BCUT2D eigenvalue weighted by molar-refractivity contribution is 0.0535. The van der Waals surface area contributed by atoms with Crippen LogP contribution in [-0.2, 0) is 0 Å². The van der Waals surface area contributed by atoms with E-state index in [1.165, 1.54) is 30.3 Å². The van der Waals surface area contributed by atoms with Crippen LogP contribution in [-0.4, -0.2) is 58.9 Å². The van der Waals surface area contributed by atoms with Gasteiger partial charge in [0.05, 0.1) is 5.56 Å². The molecule has 6 nitrogen and oxygen atoms in total. The summed E-state index contributed by atoms with van der Waals surface area (Å²) in [6.07, 6.45) is 0. The number of carboxylic acid groups (broad SMARTS) is 1. The van der Waals surface area contributed by atoms with Gasteiger partial charge >= 0.3 is 5.97 Å². The van der Waals surface area contributed by atoms with Gasteiger partial charge in [-0.3, -0.25) is 9.59 Å². The van der Waals surface area contributed by atoms with E-state index < -0.39 is 11.8 Å². The van der Waals surface area contributed by atoms with Gasteiger partial charge in [0.25, 0.3) is 11.8 Å². The fraction of sp³-hybridized carbons (Fsp3) is 0.250. The second-order valence-electron chi connectivity index (χ2n) is 6.49. The van der Waals surface area contributed by atoms with Crippen molar-refractivity contribution < 1.29 is 23.9 Å². The normalized spacial score (nSPS) is 14.1. The quantitative estimate of drug-likeness (QED) is 0.900. The van der Waals surface area contributed by atoms with Crippen LogP contribution in [0.15, 0.2) is 42.5 Å². The van der Waals surface area contributed by atoms with E-state index in [2.05, 4.69) is 0 Å². The molecule has 1 saturated heterocycles. The molecule has 0 aliphatic carbocycles. The second kappa shape index (κ2) is 7.57. The fourth-order valence-corrected chi connectivity index (χ4v) is 3.13. The first-order valence-electron chi connectivity index (χ1n) is 8.54. The first-order valence-corrected chi connectivity index (χ1v) is 8.54. The minimum absolute atomic E-state index is 0.0678. The lowest BCUT2D eigenvalue weighted by Crippen LogP contribution is -2.50. The van der Waals surface area contributed by atoms with Crippen LogP contribution in [0.4, 0.5) is 4.39 Å². The van der Waals surface area contributed by atoms with Crippen molar-refractivity contribution in [2.24, 2.45) is 0 Å². The van der Waals surface area contributed by atoms with Gasteiger partial charge in [0.2, 0.25) is 0 Å². The molecular formula is C20H19FN2O4. The van der Waals surface area contributed by atoms with Gasteiger partial charge in [0.1, 0.15) is 5.82 Å². The highest BCUT2D eigenvalue weighted by molar-refractivity contribution is 5.98. The molecule has 0 bridgehead atoms. The molecule has 1 N–H and O–H groups in total. The number of carboxylic acids is 1. The largest absolute Gasteiger partial charge is 0.478 e. The molecule has 0 aromatic heterocycles. The molecule has 27 heavy (non-hydrogen) atoms. The minimum atomic E-state index is -1.08. The number of aromatic carboxylic acids is 1. The Kier molecular flexibility index (Phi) is 5.21. The number of carbonyl (C=O) groups is 3. The Morgan fingerprint density at radius 3 is 1.96 bits per heavy atom. The van der Waals surface area contributed by atoms with Crippen LogP contribution in [0.2, 0.25) is 0 Å². The van der Waals surface area contributed by atoms with Crippen LogP contribution in [0.5, 0.6) is 0 Å². The number of nitrogens with zero attached hydrogens (tertiary/aromatic N) is 2. The summed E-state index contributed by atoms with van der Waals surface area (Å²) in [4.78, 5) is 39.5. The molecule has 0 radical (unpaired) electrons. The van der Waals surface area contributed by atoms with E-state index in [9.17, 15) is 18.8 Å². The van der Waals surface area contributed by atoms with E-state index in [1.54, 1.807) is 28.9 Å². The van der Waals surface area contributed by atoms with Crippen LogP contribution in [0, 0.1) is 12.7 Å². The number of halogens is 1. The van der Waals surface area contributed by atoms with Crippen LogP contribution in [0.1, 0.15) is 36.6 Å². The average Bonchev–Trinajstić information content (AvgIpc) is 2.66. The monoisotopic (exact) mass is 370 g/mol. The molecule has 2 aromatic carbocycles. The Labute approximate surface area is 155 Å². The summed E-state index contributed by atoms with van der Waals surface area (Å²) in [5.74, 6) is -2.09. The molecule has 0 spiro atoms. The molecule has 2 aromatic rings. The van der Waals surface area contributed by atoms with Gasteiger partial charge in [0.15, 0.2) is 0 Å². The summed E-state index contributed by atoms with van der Waals surface area (Å²) >= 11 is 0. The number of piperazine rings is 1. The maximum atomic E-state index is 13.3. The predicted molar refractivity (Wildman–Crippen MR) is 96.3 cm³/mol. The highest BCUT2D eigenvalue weighted by atomic mass is 19.1. The summed E-state index contributed by atoms with van der Waals surface area (Å²) in [5, 5.41) is 9.15. The summed E-state index contributed by atoms with van der Waals surface area (Å²) in [7, 11) is 0. The molecule has 1 fully saturated rings. The first kappa shape index (κ1) is 18.6.